The predicted octanol–water partition coefficient (Wildman–Crippen LogP) is 3.19. The highest BCUT2D eigenvalue weighted by molar-refractivity contribution is 5.79. The van der Waals surface area contributed by atoms with Gasteiger partial charge in [0.2, 0.25) is 5.91 Å². The highest BCUT2D eigenvalue weighted by Crippen LogP contribution is 2.28. The topological polar surface area (TPSA) is 49.0 Å². The molecule has 5 heteroatoms. The summed E-state index contributed by atoms with van der Waals surface area (Å²) in [6.07, 6.45) is 2.20. The number of likely N-dealkylation sites (tertiary alicyclic amines) is 1. The molecule has 0 spiro atoms. The third-order valence-corrected chi connectivity index (χ3v) is 3.92. The number of H-pyrrole nitrogens is 1. The predicted molar refractivity (Wildman–Crippen MR) is 82.8 cm³/mol. The molecule has 1 aromatic carbocycles. The first-order chi connectivity index (χ1) is 10.5. The molecule has 1 aliphatic rings. The molecule has 1 aromatic heterocycles. The minimum Gasteiger partial charge on any atom is -0.342 e. The zero-order chi connectivity index (χ0) is 15.7. The summed E-state index contributed by atoms with van der Waals surface area (Å²) in [4.78, 5) is 21.6. The maximum atomic E-state index is 13.3. The number of nitrogens with one attached hydrogen (secondary N) is 1. The number of carbonyl (C=O) groups is 1. The molecule has 2 aromatic rings. The van der Waals surface area contributed by atoms with Gasteiger partial charge in [-0.2, -0.15) is 0 Å². The lowest BCUT2D eigenvalue weighted by atomic mass is 10.1. The second-order valence-electron chi connectivity index (χ2n) is 6.29. The number of benzene rings is 1. The highest BCUT2D eigenvalue weighted by atomic mass is 19.1. The van der Waals surface area contributed by atoms with Crippen LogP contribution in [0.4, 0.5) is 4.39 Å². The van der Waals surface area contributed by atoms with Gasteiger partial charge in [0.15, 0.2) is 0 Å². The van der Waals surface area contributed by atoms with E-state index in [-0.39, 0.29) is 17.6 Å². The first-order valence-electron chi connectivity index (χ1n) is 7.61. The van der Waals surface area contributed by atoms with Crippen molar-refractivity contribution < 1.29 is 9.18 Å². The van der Waals surface area contributed by atoms with E-state index in [0.717, 1.165) is 23.6 Å². The molecule has 0 saturated carbocycles. The Hall–Kier alpha value is -2.17. The van der Waals surface area contributed by atoms with Crippen molar-refractivity contribution in [3.8, 4) is 11.3 Å². The van der Waals surface area contributed by atoms with Gasteiger partial charge in [0.1, 0.15) is 11.6 Å². The summed E-state index contributed by atoms with van der Waals surface area (Å²) in [5.74, 6) is 1.27. The Morgan fingerprint density at radius 1 is 1.45 bits per heavy atom. The van der Waals surface area contributed by atoms with Gasteiger partial charge in [-0.15, -0.1) is 0 Å². The van der Waals surface area contributed by atoms with Crippen LogP contribution in [0.15, 0.2) is 30.5 Å². The molecule has 1 N–H and O–H groups in total. The third-order valence-electron chi connectivity index (χ3n) is 3.92. The van der Waals surface area contributed by atoms with E-state index >= 15 is 0 Å². The summed E-state index contributed by atoms with van der Waals surface area (Å²) in [5.41, 5.74) is 1.55. The van der Waals surface area contributed by atoms with Gasteiger partial charge in [-0.05, 0) is 18.1 Å². The SMILES string of the molecule is CC(C)CN1CC(c2ncc(-c3cccc(F)c3)[nH]2)CC1=O. The van der Waals surface area contributed by atoms with E-state index in [4.69, 9.17) is 0 Å². The number of imidazole rings is 1. The highest BCUT2D eigenvalue weighted by Gasteiger charge is 2.32. The molecule has 0 bridgehead atoms. The summed E-state index contributed by atoms with van der Waals surface area (Å²) < 4.78 is 13.3. The number of halogens is 1. The fourth-order valence-electron chi connectivity index (χ4n) is 2.92. The molecule has 4 nitrogen and oxygen atoms in total. The fraction of sp³-hybridized carbons (Fsp3) is 0.412. The number of nitrogens with zero attached hydrogens (tertiary/aromatic N) is 2. The summed E-state index contributed by atoms with van der Waals surface area (Å²) in [6.45, 7) is 5.70. The Bertz CT molecular complexity index is 680. The normalized spacial score (nSPS) is 18.5. The van der Waals surface area contributed by atoms with Crippen LogP contribution < -0.4 is 0 Å². The number of rotatable bonds is 4. The van der Waals surface area contributed by atoms with Gasteiger partial charge in [0.25, 0.3) is 0 Å². The van der Waals surface area contributed by atoms with Gasteiger partial charge >= 0.3 is 0 Å². The molecule has 2 heterocycles. The molecule has 1 amide bonds. The number of hydrogen-bond acceptors (Lipinski definition) is 2. The maximum Gasteiger partial charge on any atom is 0.223 e. The van der Waals surface area contributed by atoms with Crippen LogP contribution in [0.1, 0.15) is 32.0 Å². The van der Waals surface area contributed by atoms with Gasteiger partial charge in [-0.1, -0.05) is 26.0 Å². The van der Waals surface area contributed by atoms with Crippen LogP contribution in [-0.4, -0.2) is 33.9 Å². The molecule has 1 saturated heterocycles. The Morgan fingerprint density at radius 3 is 3.00 bits per heavy atom. The summed E-state index contributed by atoms with van der Waals surface area (Å²) in [6, 6.07) is 6.41. The second kappa shape index (κ2) is 5.91. The lowest BCUT2D eigenvalue weighted by molar-refractivity contribution is -0.128. The van der Waals surface area contributed by atoms with E-state index in [2.05, 4.69) is 23.8 Å². The lowest BCUT2D eigenvalue weighted by Gasteiger charge is -2.18. The first kappa shape index (κ1) is 14.8. The van der Waals surface area contributed by atoms with Crippen molar-refractivity contribution in [3.63, 3.8) is 0 Å². The zero-order valence-electron chi connectivity index (χ0n) is 12.8. The molecule has 1 fully saturated rings. The maximum absolute atomic E-state index is 13.3. The molecule has 0 radical (unpaired) electrons. The largest absolute Gasteiger partial charge is 0.342 e. The third kappa shape index (κ3) is 3.03. The minimum absolute atomic E-state index is 0.0913. The Morgan fingerprint density at radius 2 is 2.27 bits per heavy atom. The van der Waals surface area contributed by atoms with E-state index in [0.29, 0.717) is 18.9 Å². The van der Waals surface area contributed by atoms with Crippen LogP contribution in [0.2, 0.25) is 0 Å². The van der Waals surface area contributed by atoms with Crippen LogP contribution in [0.3, 0.4) is 0 Å². The van der Waals surface area contributed by atoms with E-state index < -0.39 is 0 Å². The number of aromatic nitrogens is 2. The van der Waals surface area contributed by atoms with Gasteiger partial charge < -0.3 is 9.88 Å². The molecule has 1 unspecified atom stereocenters. The molecule has 3 rings (SSSR count). The molecule has 116 valence electrons. The minimum atomic E-state index is -0.271. The molecular formula is C17H20FN3O. The second-order valence-corrected chi connectivity index (χ2v) is 6.29. The monoisotopic (exact) mass is 301 g/mol. The van der Waals surface area contributed by atoms with Crippen molar-refractivity contribution in [1.29, 1.82) is 0 Å². The summed E-state index contributed by atoms with van der Waals surface area (Å²) in [5, 5.41) is 0. The van der Waals surface area contributed by atoms with Gasteiger partial charge in [0.05, 0.1) is 11.9 Å². The standard InChI is InChI=1S/C17H20FN3O/c1-11(2)9-21-10-13(7-16(21)22)17-19-8-15(20-17)12-4-3-5-14(18)6-12/h3-6,8,11,13H,7,9-10H2,1-2H3,(H,19,20). The average molecular weight is 301 g/mol. The fourth-order valence-corrected chi connectivity index (χ4v) is 2.92. The van der Waals surface area contributed by atoms with E-state index in [1.54, 1.807) is 12.3 Å². The first-order valence-corrected chi connectivity index (χ1v) is 7.61. The molecular weight excluding hydrogens is 281 g/mol. The van der Waals surface area contributed by atoms with Crippen molar-refractivity contribution in [2.75, 3.05) is 13.1 Å². The van der Waals surface area contributed by atoms with Crippen LogP contribution in [-0.2, 0) is 4.79 Å². The quantitative estimate of drug-likeness (QED) is 0.943. The van der Waals surface area contributed by atoms with E-state index in [1.165, 1.54) is 12.1 Å². The van der Waals surface area contributed by atoms with E-state index in [1.807, 2.05) is 11.0 Å². The van der Waals surface area contributed by atoms with E-state index in [9.17, 15) is 9.18 Å². The number of hydrogen-bond donors (Lipinski definition) is 1. The Balaban J connectivity index is 1.76. The number of amides is 1. The Kier molecular flexibility index (Phi) is 3.96. The van der Waals surface area contributed by atoms with Crippen molar-refractivity contribution >= 4 is 5.91 Å². The lowest BCUT2D eigenvalue weighted by Crippen LogP contribution is -2.29. The van der Waals surface area contributed by atoms with Crippen molar-refractivity contribution in [2.24, 2.45) is 5.92 Å². The summed E-state index contributed by atoms with van der Waals surface area (Å²) in [7, 11) is 0. The smallest absolute Gasteiger partial charge is 0.223 e. The number of carbonyl (C=O) groups excluding carboxylic acids is 1. The van der Waals surface area contributed by atoms with Crippen LogP contribution in [0, 0.1) is 11.7 Å². The molecule has 1 aliphatic heterocycles. The van der Waals surface area contributed by atoms with Crippen molar-refractivity contribution in [3.05, 3.63) is 42.1 Å². The number of aromatic amines is 1. The van der Waals surface area contributed by atoms with Gasteiger partial charge in [-0.25, -0.2) is 9.37 Å². The summed E-state index contributed by atoms with van der Waals surface area (Å²) >= 11 is 0. The van der Waals surface area contributed by atoms with Gasteiger partial charge in [-0.3, -0.25) is 4.79 Å². The Labute approximate surface area is 129 Å². The van der Waals surface area contributed by atoms with Crippen LogP contribution in [0.5, 0.6) is 0 Å². The molecule has 0 aliphatic carbocycles. The van der Waals surface area contributed by atoms with Crippen molar-refractivity contribution in [2.45, 2.75) is 26.2 Å². The molecule has 22 heavy (non-hydrogen) atoms. The van der Waals surface area contributed by atoms with Crippen LogP contribution in [0.25, 0.3) is 11.3 Å². The average Bonchev–Trinajstić information content (AvgIpc) is 3.06. The molecule has 1 atom stereocenters. The van der Waals surface area contributed by atoms with Crippen LogP contribution >= 0.6 is 0 Å². The zero-order valence-corrected chi connectivity index (χ0v) is 12.8. The van der Waals surface area contributed by atoms with Gasteiger partial charge in [0, 0.05) is 31.0 Å². The van der Waals surface area contributed by atoms with Crippen molar-refractivity contribution in [1.82, 2.24) is 14.9 Å².